The Bertz CT molecular complexity index is 247. The molecule has 2 heteroatoms. The summed E-state index contributed by atoms with van der Waals surface area (Å²) in [6.45, 7) is 6.15. The molecule has 0 N–H and O–H groups in total. The molecule has 2 aliphatic rings. The Morgan fingerprint density at radius 2 is 2.25 bits per heavy atom. The zero-order chi connectivity index (χ0) is 11.4. The summed E-state index contributed by atoms with van der Waals surface area (Å²) >= 11 is 0. The molecule has 0 spiro atoms. The molecular weight excluding hydrogens is 200 g/mol. The maximum atomic E-state index is 5.75. The quantitative estimate of drug-likeness (QED) is 0.392. The Balaban J connectivity index is 1.48. The Labute approximate surface area is 99.0 Å². The van der Waals surface area contributed by atoms with Crippen LogP contribution in [0.25, 0.3) is 0 Å². The van der Waals surface area contributed by atoms with E-state index in [1.165, 1.54) is 31.3 Å². The summed E-state index contributed by atoms with van der Waals surface area (Å²) in [6.07, 6.45) is 9.53. The van der Waals surface area contributed by atoms with E-state index in [1.54, 1.807) is 0 Å². The van der Waals surface area contributed by atoms with Crippen LogP contribution in [0.4, 0.5) is 0 Å². The zero-order valence-electron chi connectivity index (χ0n) is 10.6. The van der Waals surface area contributed by atoms with Crippen LogP contribution < -0.4 is 0 Å². The lowest BCUT2D eigenvalue weighted by atomic mass is 9.90. The number of fused-ring (bicyclic) bond motifs is 1. The highest BCUT2D eigenvalue weighted by atomic mass is 16.6. The minimum Gasteiger partial charge on any atom is -0.381 e. The Hall–Kier alpha value is -0.340. The third kappa shape index (κ3) is 3.60. The fourth-order valence-electron chi connectivity index (χ4n) is 2.49. The van der Waals surface area contributed by atoms with E-state index in [0.717, 1.165) is 25.6 Å². The molecule has 0 radical (unpaired) electrons. The number of epoxide rings is 1. The molecule has 1 aliphatic heterocycles. The zero-order valence-corrected chi connectivity index (χ0v) is 10.6. The normalized spacial score (nSPS) is 33.6. The molecule has 3 atom stereocenters. The van der Waals surface area contributed by atoms with Crippen LogP contribution in [-0.4, -0.2) is 25.4 Å². The summed E-state index contributed by atoms with van der Waals surface area (Å²) in [6, 6.07) is 0. The minimum atomic E-state index is 0.590. The first kappa shape index (κ1) is 12.1. The van der Waals surface area contributed by atoms with E-state index in [0.29, 0.717) is 12.2 Å². The van der Waals surface area contributed by atoms with Gasteiger partial charge in [-0.25, -0.2) is 0 Å². The van der Waals surface area contributed by atoms with Crippen molar-refractivity contribution in [2.24, 2.45) is 5.92 Å². The first-order valence-corrected chi connectivity index (χ1v) is 6.64. The van der Waals surface area contributed by atoms with Crippen molar-refractivity contribution in [2.45, 2.75) is 58.2 Å². The lowest BCUT2D eigenvalue weighted by Gasteiger charge is -2.18. The highest BCUT2D eigenvalue weighted by Crippen LogP contribution is 2.39. The predicted molar refractivity (Wildman–Crippen MR) is 65.5 cm³/mol. The topological polar surface area (TPSA) is 21.8 Å². The average molecular weight is 224 g/mol. The van der Waals surface area contributed by atoms with Gasteiger partial charge in [-0.2, -0.15) is 0 Å². The van der Waals surface area contributed by atoms with E-state index in [9.17, 15) is 0 Å². The summed E-state index contributed by atoms with van der Waals surface area (Å²) in [5.41, 5.74) is 1.47. The Morgan fingerprint density at radius 1 is 1.38 bits per heavy atom. The van der Waals surface area contributed by atoms with E-state index in [4.69, 9.17) is 9.47 Å². The van der Waals surface area contributed by atoms with Crippen LogP contribution in [0.15, 0.2) is 11.6 Å². The molecule has 0 aromatic heterocycles. The van der Waals surface area contributed by atoms with Gasteiger partial charge >= 0.3 is 0 Å². The van der Waals surface area contributed by atoms with Gasteiger partial charge in [0.05, 0.1) is 12.2 Å². The van der Waals surface area contributed by atoms with Gasteiger partial charge in [0.15, 0.2) is 0 Å². The van der Waals surface area contributed by atoms with Gasteiger partial charge in [-0.15, -0.1) is 0 Å². The van der Waals surface area contributed by atoms with Crippen LogP contribution in [0.1, 0.15) is 46.0 Å². The van der Waals surface area contributed by atoms with E-state index in [2.05, 4.69) is 19.9 Å². The summed E-state index contributed by atoms with van der Waals surface area (Å²) in [5.74, 6) is 0.756. The summed E-state index contributed by atoms with van der Waals surface area (Å²) < 4.78 is 11.3. The van der Waals surface area contributed by atoms with Gasteiger partial charge in [0.2, 0.25) is 0 Å². The van der Waals surface area contributed by atoms with E-state index in [-0.39, 0.29) is 0 Å². The van der Waals surface area contributed by atoms with Crippen LogP contribution in [0.2, 0.25) is 0 Å². The molecule has 1 heterocycles. The summed E-state index contributed by atoms with van der Waals surface area (Å²) in [4.78, 5) is 0. The first-order chi connectivity index (χ1) is 7.79. The number of allylic oxidation sites excluding steroid dienone is 2. The predicted octanol–water partition coefficient (Wildman–Crippen LogP) is 3.32. The minimum absolute atomic E-state index is 0.590. The molecule has 1 saturated carbocycles. The van der Waals surface area contributed by atoms with Crippen molar-refractivity contribution in [3.05, 3.63) is 11.6 Å². The lowest BCUT2D eigenvalue weighted by molar-refractivity contribution is 0.0866. The van der Waals surface area contributed by atoms with Gasteiger partial charge in [-0.1, -0.05) is 11.6 Å². The van der Waals surface area contributed by atoms with Gasteiger partial charge in [0, 0.05) is 13.2 Å². The van der Waals surface area contributed by atoms with Gasteiger partial charge < -0.3 is 9.47 Å². The first-order valence-electron chi connectivity index (χ1n) is 6.64. The Morgan fingerprint density at radius 3 is 3.00 bits per heavy atom. The van der Waals surface area contributed by atoms with Crippen molar-refractivity contribution < 1.29 is 9.47 Å². The molecule has 0 bridgehead atoms. The summed E-state index contributed by atoms with van der Waals surface area (Å²) in [7, 11) is 0. The van der Waals surface area contributed by atoms with Gasteiger partial charge in [0.25, 0.3) is 0 Å². The third-order valence-corrected chi connectivity index (χ3v) is 3.82. The molecule has 2 nitrogen and oxygen atoms in total. The van der Waals surface area contributed by atoms with Gasteiger partial charge in [0.1, 0.15) is 0 Å². The van der Waals surface area contributed by atoms with Crippen LogP contribution in [0, 0.1) is 5.92 Å². The molecule has 1 aliphatic carbocycles. The fraction of sp³-hybridized carbons (Fsp3) is 0.857. The number of hydrogen-bond acceptors (Lipinski definition) is 2. The van der Waals surface area contributed by atoms with Crippen LogP contribution in [0.3, 0.4) is 0 Å². The molecule has 92 valence electrons. The SMILES string of the molecule is CC=C(C)CCCOCC1CCC2OC2C1. The van der Waals surface area contributed by atoms with Crippen LogP contribution in [0.5, 0.6) is 0 Å². The maximum absolute atomic E-state index is 5.75. The van der Waals surface area contributed by atoms with Gasteiger partial charge in [-0.05, 0) is 51.9 Å². The second-order valence-corrected chi connectivity index (χ2v) is 5.21. The molecule has 0 amide bonds. The van der Waals surface area contributed by atoms with Gasteiger partial charge in [-0.3, -0.25) is 0 Å². The molecule has 3 unspecified atom stereocenters. The number of rotatable bonds is 6. The van der Waals surface area contributed by atoms with Crippen molar-refractivity contribution >= 4 is 0 Å². The second-order valence-electron chi connectivity index (χ2n) is 5.21. The average Bonchev–Trinajstić information content (AvgIpc) is 3.06. The number of ether oxygens (including phenoxy) is 2. The van der Waals surface area contributed by atoms with Crippen LogP contribution in [-0.2, 0) is 9.47 Å². The van der Waals surface area contributed by atoms with E-state index in [1.807, 2.05) is 0 Å². The lowest BCUT2D eigenvalue weighted by Crippen LogP contribution is -2.18. The van der Waals surface area contributed by atoms with Crippen molar-refractivity contribution in [1.82, 2.24) is 0 Å². The van der Waals surface area contributed by atoms with Crippen molar-refractivity contribution in [3.63, 3.8) is 0 Å². The Kier molecular flexibility index (Phi) is 4.42. The third-order valence-electron chi connectivity index (χ3n) is 3.82. The molecule has 16 heavy (non-hydrogen) atoms. The van der Waals surface area contributed by atoms with Crippen molar-refractivity contribution in [1.29, 1.82) is 0 Å². The maximum Gasteiger partial charge on any atom is 0.0845 e. The van der Waals surface area contributed by atoms with E-state index < -0.39 is 0 Å². The van der Waals surface area contributed by atoms with Crippen molar-refractivity contribution in [3.8, 4) is 0 Å². The van der Waals surface area contributed by atoms with Crippen LogP contribution >= 0.6 is 0 Å². The molecule has 0 aromatic rings. The van der Waals surface area contributed by atoms with Crippen molar-refractivity contribution in [2.75, 3.05) is 13.2 Å². The largest absolute Gasteiger partial charge is 0.381 e. The molecule has 0 aromatic carbocycles. The highest BCUT2D eigenvalue weighted by molar-refractivity contribution is 4.95. The van der Waals surface area contributed by atoms with E-state index >= 15 is 0 Å². The molecule has 2 fully saturated rings. The fourth-order valence-corrected chi connectivity index (χ4v) is 2.49. The number of hydrogen-bond donors (Lipinski definition) is 0. The highest BCUT2D eigenvalue weighted by Gasteiger charge is 2.43. The smallest absolute Gasteiger partial charge is 0.0845 e. The monoisotopic (exact) mass is 224 g/mol. The standard InChI is InChI=1S/C14H24O2/c1-3-11(2)5-4-8-15-10-12-6-7-13-14(9-12)16-13/h3,12-14H,4-10H2,1-2H3. The summed E-state index contributed by atoms with van der Waals surface area (Å²) in [5, 5.41) is 0. The molecule has 2 rings (SSSR count). The molecule has 1 saturated heterocycles. The second kappa shape index (κ2) is 5.83. The molecular formula is C14H24O2.